The molecule has 16 heavy (non-hydrogen) atoms. The Labute approximate surface area is 98.5 Å². The van der Waals surface area contributed by atoms with E-state index < -0.39 is 0 Å². The van der Waals surface area contributed by atoms with Crippen LogP contribution >= 0.6 is 12.2 Å². The fourth-order valence-corrected chi connectivity index (χ4v) is 1.73. The SMILES string of the molecule is NC(=S)CCn1ccc2ccccc2c1=O. The molecule has 0 aliphatic heterocycles. The van der Waals surface area contributed by atoms with Gasteiger partial charge in [0.2, 0.25) is 0 Å². The summed E-state index contributed by atoms with van der Waals surface area (Å²) in [6, 6.07) is 9.46. The Kier molecular flexibility index (Phi) is 3.01. The summed E-state index contributed by atoms with van der Waals surface area (Å²) < 4.78 is 1.64. The molecule has 0 saturated heterocycles. The molecule has 0 amide bonds. The topological polar surface area (TPSA) is 48.0 Å². The first-order valence-electron chi connectivity index (χ1n) is 5.05. The number of thiocarbonyl (C=S) groups is 1. The Bertz CT molecular complexity index is 589. The molecule has 0 unspecified atom stereocenters. The first-order chi connectivity index (χ1) is 7.68. The minimum Gasteiger partial charge on any atom is -0.393 e. The molecule has 0 saturated carbocycles. The number of hydrogen-bond acceptors (Lipinski definition) is 2. The highest BCUT2D eigenvalue weighted by atomic mass is 32.1. The number of nitrogens with zero attached hydrogens (tertiary/aromatic N) is 1. The Hall–Kier alpha value is -1.68. The van der Waals surface area contributed by atoms with Gasteiger partial charge in [0.1, 0.15) is 0 Å². The standard InChI is InChI=1S/C12H12N2OS/c13-11(16)6-8-14-7-5-9-3-1-2-4-10(9)12(14)15/h1-5,7H,6,8H2,(H2,13,16). The van der Waals surface area contributed by atoms with Gasteiger partial charge < -0.3 is 10.3 Å². The molecule has 1 aromatic heterocycles. The predicted molar refractivity (Wildman–Crippen MR) is 69.6 cm³/mol. The molecule has 2 aromatic rings. The Balaban J connectivity index is 2.45. The Morgan fingerprint density at radius 2 is 2.06 bits per heavy atom. The van der Waals surface area contributed by atoms with Crippen molar-refractivity contribution in [1.29, 1.82) is 0 Å². The van der Waals surface area contributed by atoms with Crippen molar-refractivity contribution in [3.05, 3.63) is 46.9 Å². The maximum absolute atomic E-state index is 12.0. The maximum atomic E-state index is 12.0. The molecule has 0 fully saturated rings. The van der Waals surface area contributed by atoms with Crippen LogP contribution in [0, 0.1) is 0 Å². The summed E-state index contributed by atoms with van der Waals surface area (Å²) in [6.45, 7) is 0.541. The first-order valence-corrected chi connectivity index (χ1v) is 5.46. The van der Waals surface area contributed by atoms with Crippen LogP contribution in [0.3, 0.4) is 0 Å². The number of benzene rings is 1. The van der Waals surface area contributed by atoms with E-state index >= 15 is 0 Å². The molecule has 2 N–H and O–H groups in total. The van der Waals surface area contributed by atoms with Crippen LogP contribution in [0.4, 0.5) is 0 Å². The molecule has 1 heterocycles. The molecule has 0 bridgehead atoms. The summed E-state index contributed by atoms with van der Waals surface area (Å²) in [5.41, 5.74) is 5.43. The number of hydrogen-bond donors (Lipinski definition) is 1. The van der Waals surface area contributed by atoms with Crippen LogP contribution in [0.15, 0.2) is 41.3 Å². The molecule has 3 nitrogen and oxygen atoms in total. The number of pyridine rings is 1. The first kappa shape index (κ1) is 10.8. The van der Waals surface area contributed by atoms with Crippen LogP contribution in [0.25, 0.3) is 10.8 Å². The summed E-state index contributed by atoms with van der Waals surface area (Å²) in [6.07, 6.45) is 2.33. The van der Waals surface area contributed by atoms with E-state index in [0.717, 1.165) is 10.8 Å². The molecular weight excluding hydrogens is 220 g/mol. The number of rotatable bonds is 3. The van der Waals surface area contributed by atoms with Crippen LogP contribution in [-0.2, 0) is 6.54 Å². The van der Waals surface area contributed by atoms with Gasteiger partial charge in [0.15, 0.2) is 0 Å². The summed E-state index contributed by atoms with van der Waals surface area (Å²) in [5, 5.41) is 1.69. The molecule has 1 aromatic carbocycles. The monoisotopic (exact) mass is 232 g/mol. The average Bonchev–Trinajstić information content (AvgIpc) is 2.28. The van der Waals surface area contributed by atoms with Crippen molar-refractivity contribution < 1.29 is 0 Å². The average molecular weight is 232 g/mol. The van der Waals surface area contributed by atoms with Gasteiger partial charge in [0.05, 0.1) is 4.99 Å². The Morgan fingerprint density at radius 1 is 1.31 bits per heavy atom. The van der Waals surface area contributed by atoms with E-state index in [4.69, 9.17) is 18.0 Å². The van der Waals surface area contributed by atoms with Gasteiger partial charge in [-0.3, -0.25) is 4.79 Å². The highest BCUT2D eigenvalue weighted by Gasteiger charge is 2.01. The van der Waals surface area contributed by atoms with Gasteiger partial charge in [0, 0.05) is 24.5 Å². The summed E-state index contributed by atoms with van der Waals surface area (Å²) >= 11 is 4.80. The second kappa shape index (κ2) is 4.45. The third-order valence-electron chi connectivity index (χ3n) is 2.49. The van der Waals surface area contributed by atoms with Crippen LogP contribution in [0.5, 0.6) is 0 Å². The maximum Gasteiger partial charge on any atom is 0.258 e. The zero-order valence-corrected chi connectivity index (χ0v) is 9.54. The lowest BCUT2D eigenvalue weighted by atomic mass is 10.2. The molecule has 0 aliphatic rings. The zero-order chi connectivity index (χ0) is 11.5. The molecular formula is C12H12N2OS. The number of aryl methyl sites for hydroxylation is 1. The highest BCUT2D eigenvalue weighted by molar-refractivity contribution is 7.80. The van der Waals surface area contributed by atoms with Gasteiger partial charge >= 0.3 is 0 Å². The fraction of sp³-hybridized carbons (Fsp3) is 0.167. The van der Waals surface area contributed by atoms with Gasteiger partial charge in [-0.2, -0.15) is 0 Å². The number of aromatic nitrogens is 1. The van der Waals surface area contributed by atoms with Gasteiger partial charge in [-0.05, 0) is 17.5 Å². The van der Waals surface area contributed by atoms with Crippen molar-refractivity contribution in [1.82, 2.24) is 4.57 Å². The number of nitrogens with two attached hydrogens (primary N) is 1. The van der Waals surface area contributed by atoms with Crippen molar-refractivity contribution >= 4 is 28.0 Å². The third-order valence-corrected chi connectivity index (χ3v) is 2.69. The summed E-state index contributed by atoms with van der Waals surface area (Å²) in [5.74, 6) is 0. The molecule has 2 rings (SSSR count). The van der Waals surface area contributed by atoms with Gasteiger partial charge in [-0.1, -0.05) is 30.4 Å². The van der Waals surface area contributed by atoms with Crippen molar-refractivity contribution in [2.24, 2.45) is 5.73 Å². The van der Waals surface area contributed by atoms with Crippen molar-refractivity contribution in [3.63, 3.8) is 0 Å². The van der Waals surface area contributed by atoms with Crippen molar-refractivity contribution in [2.75, 3.05) is 0 Å². The summed E-state index contributed by atoms with van der Waals surface area (Å²) in [7, 11) is 0. The van der Waals surface area contributed by atoms with E-state index in [1.165, 1.54) is 0 Å². The summed E-state index contributed by atoms with van der Waals surface area (Å²) in [4.78, 5) is 12.5. The van der Waals surface area contributed by atoms with Gasteiger partial charge in [-0.15, -0.1) is 0 Å². The van der Waals surface area contributed by atoms with Crippen LogP contribution in [0.2, 0.25) is 0 Å². The minimum absolute atomic E-state index is 0.00866. The molecule has 4 heteroatoms. The zero-order valence-electron chi connectivity index (χ0n) is 8.72. The van der Waals surface area contributed by atoms with E-state index in [-0.39, 0.29) is 5.56 Å². The van der Waals surface area contributed by atoms with Crippen LogP contribution in [0.1, 0.15) is 6.42 Å². The van der Waals surface area contributed by atoms with E-state index in [0.29, 0.717) is 18.0 Å². The third kappa shape index (κ3) is 2.12. The predicted octanol–water partition coefficient (Wildman–Crippen LogP) is 1.68. The van der Waals surface area contributed by atoms with E-state index in [2.05, 4.69) is 0 Å². The van der Waals surface area contributed by atoms with Gasteiger partial charge in [0.25, 0.3) is 5.56 Å². The smallest absolute Gasteiger partial charge is 0.258 e. The second-order valence-electron chi connectivity index (χ2n) is 3.62. The lowest BCUT2D eigenvalue weighted by molar-refractivity contribution is 0.702. The van der Waals surface area contributed by atoms with Crippen LogP contribution < -0.4 is 11.3 Å². The lowest BCUT2D eigenvalue weighted by Gasteiger charge is -2.06. The van der Waals surface area contributed by atoms with E-state index in [9.17, 15) is 4.79 Å². The Morgan fingerprint density at radius 3 is 2.81 bits per heavy atom. The second-order valence-corrected chi connectivity index (χ2v) is 4.14. The van der Waals surface area contributed by atoms with E-state index in [1.807, 2.05) is 30.3 Å². The lowest BCUT2D eigenvalue weighted by Crippen LogP contribution is -2.22. The van der Waals surface area contributed by atoms with Gasteiger partial charge in [-0.25, -0.2) is 0 Å². The molecule has 0 aliphatic carbocycles. The van der Waals surface area contributed by atoms with Crippen molar-refractivity contribution in [3.8, 4) is 0 Å². The van der Waals surface area contributed by atoms with E-state index in [1.54, 1.807) is 10.8 Å². The largest absolute Gasteiger partial charge is 0.393 e. The molecule has 0 spiro atoms. The highest BCUT2D eigenvalue weighted by Crippen LogP contribution is 2.08. The molecule has 0 radical (unpaired) electrons. The van der Waals surface area contributed by atoms with Crippen LogP contribution in [-0.4, -0.2) is 9.56 Å². The fourth-order valence-electron chi connectivity index (χ4n) is 1.64. The minimum atomic E-state index is 0.00866. The normalized spacial score (nSPS) is 10.5. The molecule has 0 atom stereocenters. The number of fused-ring (bicyclic) bond motifs is 1. The quantitative estimate of drug-likeness (QED) is 0.819. The van der Waals surface area contributed by atoms with Crippen molar-refractivity contribution in [2.45, 2.75) is 13.0 Å². The molecule has 82 valence electrons.